The predicted octanol–water partition coefficient (Wildman–Crippen LogP) is 3.08. The van der Waals surface area contributed by atoms with Gasteiger partial charge in [-0.1, -0.05) is 23.8 Å². The molecule has 10 heteroatoms. The maximum atomic E-state index is 13.5. The van der Waals surface area contributed by atoms with Crippen molar-refractivity contribution in [2.45, 2.75) is 30.8 Å². The molecule has 3 heterocycles. The second kappa shape index (κ2) is 7.85. The van der Waals surface area contributed by atoms with E-state index in [1.165, 1.54) is 30.0 Å². The Hall–Kier alpha value is -3.14. The van der Waals surface area contributed by atoms with E-state index in [-0.39, 0.29) is 10.9 Å². The van der Waals surface area contributed by atoms with Crippen molar-refractivity contribution in [3.63, 3.8) is 0 Å². The molecule has 0 aliphatic heterocycles. The lowest BCUT2D eigenvalue weighted by atomic mass is 10.2. The molecule has 0 fully saturated rings. The standard InChI is InChI=1S/C18H15FN6O2S/c1-2-7-25-17(26)12-8-11(19)3-4-13(12)22-18(25)28-10-15-23-16(24-27-15)14-9-20-5-6-21-14/h3-6,8-9H,2,7,10H2,1H3. The lowest BCUT2D eigenvalue weighted by Gasteiger charge is -2.11. The second-order valence-electron chi connectivity index (χ2n) is 5.90. The van der Waals surface area contributed by atoms with Gasteiger partial charge in [0.2, 0.25) is 11.7 Å². The molecule has 1 aromatic carbocycles. The largest absolute Gasteiger partial charge is 0.338 e. The van der Waals surface area contributed by atoms with E-state index >= 15 is 0 Å². The van der Waals surface area contributed by atoms with Gasteiger partial charge >= 0.3 is 0 Å². The average molecular weight is 398 g/mol. The highest BCUT2D eigenvalue weighted by Crippen LogP contribution is 2.23. The molecule has 0 unspecified atom stereocenters. The summed E-state index contributed by atoms with van der Waals surface area (Å²) in [7, 11) is 0. The smallest absolute Gasteiger partial charge is 0.262 e. The molecule has 0 amide bonds. The number of hydrogen-bond donors (Lipinski definition) is 0. The number of halogens is 1. The molecule has 0 saturated carbocycles. The highest BCUT2D eigenvalue weighted by atomic mass is 32.2. The SMILES string of the molecule is CCCn1c(SCc2nc(-c3cnccn3)no2)nc2ccc(F)cc2c1=O. The van der Waals surface area contributed by atoms with Crippen LogP contribution in [0, 0.1) is 5.82 Å². The third-order valence-electron chi connectivity index (χ3n) is 3.91. The number of aromatic nitrogens is 6. The monoisotopic (exact) mass is 398 g/mol. The van der Waals surface area contributed by atoms with E-state index in [4.69, 9.17) is 4.52 Å². The van der Waals surface area contributed by atoms with Crippen LogP contribution in [-0.4, -0.2) is 29.7 Å². The lowest BCUT2D eigenvalue weighted by Crippen LogP contribution is -2.23. The van der Waals surface area contributed by atoms with Crippen molar-refractivity contribution in [3.8, 4) is 11.5 Å². The number of benzene rings is 1. The number of hydrogen-bond acceptors (Lipinski definition) is 8. The minimum atomic E-state index is -0.461. The summed E-state index contributed by atoms with van der Waals surface area (Å²) in [6.45, 7) is 2.44. The van der Waals surface area contributed by atoms with Crippen molar-refractivity contribution in [2.24, 2.45) is 0 Å². The summed E-state index contributed by atoms with van der Waals surface area (Å²) >= 11 is 1.31. The van der Waals surface area contributed by atoms with Gasteiger partial charge in [-0.05, 0) is 24.6 Å². The summed E-state index contributed by atoms with van der Waals surface area (Å²) in [4.78, 5) is 29.7. The van der Waals surface area contributed by atoms with Gasteiger partial charge in [-0.2, -0.15) is 4.98 Å². The molecule has 4 aromatic rings. The Kier molecular flexibility index (Phi) is 5.11. The molecule has 4 rings (SSSR count). The van der Waals surface area contributed by atoms with Crippen LogP contribution in [0.4, 0.5) is 4.39 Å². The second-order valence-corrected chi connectivity index (χ2v) is 6.85. The van der Waals surface area contributed by atoms with E-state index in [0.29, 0.717) is 40.4 Å². The highest BCUT2D eigenvalue weighted by molar-refractivity contribution is 7.98. The van der Waals surface area contributed by atoms with Crippen molar-refractivity contribution in [3.05, 3.63) is 58.9 Å². The maximum Gasteiger partial charge on any atom is 0.262 e. The summed E-state index contributed by atoms with van der Waals surface area (Å²) in [5.74, 6) is 0.590. The topological polar surface area (TPSA) is 99.6 Å². The molecule has 28 heavy (non-hydrogen) atoms. The van der Waals surface area contributed by atoms with Crippen LogP contribution in [0.1, 0.15) is 19.2 Å². The van der Waals surface area contributed by atoms with Crippen LogP contribution in [0.5, 0.6) is 0 Å². The summed E-state index contributed by atoms with van der Waals surface area (Å²) in [5.41, 5.74) is 0.697. The van der Waals surface area contributed by atoms with Crippen LogP contribution in [0.25, 0.3) is 22.4 Å². The predicted molar refractivity (Wildman–Crippen MR) is 101 cm³/mol. The van der Waals surface area contributed by atoms with E-state index in [9.17, 15) is 9.18 Å². The van der Waals surface area contributed by atoms with Gasteiger partial charge in [0, 0.05) is 18.9 Å². The van der Waals surface area contributed by atoms with Gasteiger partial charge in [-0.15, -0.1) is 0 Å². The zero-order chi connectivity index (χ0) is 19.5. The normalized spacial score (nSPS) is 11.2. The van der Waals surface area contributed by atoms with Gasteiger partial charge in [-0.25, -0.2) is 14.4 Å². The van der Waals surface area contributed by atoms with Gasteiger partial charge in [0.15, 0.2) is 5.16 Å². The minimum absolute atomic E-state index is 0.264. The summed E-state index contributed by atoms with van der Waals surface area (Å²) < 4.78 is 20.3. The van der Waals surface area contributed by atoms with Crippen LogP contribution in [0.15, 0.2) is 51.3 Å². The van der Waals surface area contributed by atoms with Crippen molar-refractivity contribution >= 4 is 22.7 Å². The Morgan fingerprint density at radius 3 is 2.93 bits per heavy atom. The summed E-state index contributed by atoms with van der Waals surface area (Å²) in [5, 5.41) is 4.69. The molecule has 3 aromatic heterocycles. The van der Waals surface area contributed by atoms with Crippen LogP contribution in [0.3, 0.4) is 0 Å². The minimum Gasteiger partial charge on any atom is -0.338 e. The summed E-state index contributed by atoms with van der Waals surface area (Å²) in [6.07, 6.45) is 5.40. The first-order valence-electron chi connectivity index (χ1n) is 8.57. The first kappa shape index (κ1) is 18.2. The van der Waals surface area contributed by atoms with Crippen molar-refractivity contribution in [1.29, 1.82) is 0 Å². The van der Waals surface area contributed by atoms with Gasteiger partial charge in [-0.3, -0.25) is 14.3 Å². The lowest BCUT2D eigenvalue weighted by molar-refractivity contribution is 0.391. The number of nitrogens with zero attached hydrogens (tertiary/aromatic N) is 6. The Labute approximate surface area is 162 Å². The molecule has 0 radical (unpaired) electrons. The third kappa shape index (κ3) is 3.63. The molecule has 142 valence electrons. The van der Waals surface area contributed by atoms with E-state index in [2.05, 4.69) is 25.1 Å². The Bertz CT molecular complexity index is 1180. The highest BCUT2D eigenvalue weighted by Gasteiger charge is 2.15. The molecule has 8 nitrogen and oxygen atoms in total. The molecular weight excluding hydrogens is 383 g/mol. The van der Waals surface area contributed by atoms with Crippen LogP contribution in [-0.2, 0) is 12.3 Å². The van der Waals surface area contributed by atoms with E-state index in [0.717, 1.165) is 6.42 Å². The third-order valence-corrected chi connectivity index (χ3v) is 4.87. The van der Waals surface area contributed by atoms with Crippen LogP contribution in [0.2, 0.25) is 0 Å². The van der Waals surface area contributed by atoms with E-state index in [1.54, 1.807) is 23.2 Å². The first-order chi connectivity index (χ1) is 13.7. The van der Waals surface area contributed by atoms with Gasteiger partial charge in [0.25, 0.3) is 5.56 Å². The molecule has 0 aliphatic rings. The van der Waals surface area contributed by atoms with E-state index in [1.807, 2.05) is 6.92 Å². The Balaban J connectivity index is 1.63. The quantitative estimate of drug-likeness (QED) is 0.361. The molecule has 0 atom stereocenters. The fourth-order valence-corrected chi connectivity index (χ4v) is 3.52. The van der Waals surface area contributed by atoms with Gasteiger partial charge in [0.1, 0.15) is 11.5 Å². The zero-order valence-electron chi connectivity index (χ0n) is 14.9. The number of rotatable bonds is 6. The maximum absolute atomic E-state index is 13.5. The molecule has 0 aliphatic carbocycles. The van der Waals surface area contributed by atoms with E-state index < -0.39 is 5.82 Å². The average Bonchev–Trinajstić information content (AvgIpc) is 3.19. The molecule has 0 N–H and O–H groups in total. The molecular formula is C18H15FN6O2S. The fraction of sp³-hybridized carbons (Fsp3) is 0.222. The Morgan fingerprint density at radius 1 is 1.25 bits per heavy atom. The zero-order valence-corrected chi connectivity index (χ0v) is 15.7. The fourth-order valence-electron chi connectivity index (χ4n) is 2.66. The number of thioether (sulfide) groups is 1. The van der Waals surface area contributed by atoms with Crippen molar-refractivity contribution in [2.75, 3.05) is 0 Å². The van der Waals surface area contributed by atoms with Gasteiger partial charge in [0.05, 0.1) is 22.9 Å². The summed E-state index contributed by atoms with van der Waals surface area (Å²) in [6, 6.07) is 4.01. The number of fused-ring (bicyclic) bond motifs is 1. The van der Waals surface area contributed by atoms with Gasteiger partial charge < -0.3 is 4.52 Å². The molecule has 0 saturated heterocycles. The molecule has 0 spiro atoms. The molecule has 0 bridgehead atoms. The first-order valence-corrected chi connectivity index (χ1v) is 9.56. The van der Waals surface area contributed by atoms with Crippen molar-refractivity contribution in [1.82, 2.24) is 29.7 Å². The van der Waals surface area contributed by atoms with Crippen LogP contribution < -0.4 is 5.56 Å². The van der Waals surface area contributed by atoms with Crippen molar-refractivity contribution < 1.29 is 8.91 Å². The Morgan fingerprint density at radius 2 is 2.14 bits per heavy atom. The van der Waals surface area contributed by atoms with Crippen LogP contribution >= 0.6 is 11.8 Å².